The molecule has 0 unspecified atom stereocenters. The second-order valence-electron chi connectivity index (χ2n) is 2.89. The third kappa shape index (κ3) is 3.32. The lowest BCUT2D eigenvalue weighted by atomic mass is 10.1. The van der Waals surface area contributed by atoms with Gasteiger partial charge in [-0.2, -0.15) is 5.26 Å². The zero-order valence-corrected chi connectivity index (χ0v) is 12.7. The molecule has 5 heteroatoms. The van der Waals surface area contributed by atoms with Crippen LogP contribution in [0.15, 0.2) is 19.2 Å². The van der Waals surface area contributed by atoms with Gasteiger partial charge >= 0.3 is 0 Å². The van der Waals surface area contributed by atoms with Gasteiger partial charge < -0.3 is 0 Å². The van der Waals surface area contributed by atoms with Crippen molar-refractivity contribution in [1.29, 1.82) is 5.26 Å². The Kier molecular flexibility index (Phi) is 5.34. The molecule has 0 bridgehead atoms. The zero-order valence-electron chi connectivity index (χ0n) is 7.98. The number of halogens is 3. The summed E-state index contributed by atoms with van der Waals surface area (Å²) in [6, 6.07) is 4.07. The Morgan fingerprint density at radius 3 is 2.67 bits per heavy atom. The van der Waals surface area contributed by atoms with E-state index >= 15 is 0 Å². The van der Waals surface area contributed by atoms with Crippen LogP contribution in [0.5, 0.6) is 0 Å². The van der Waals surface area contributed by atoms with Crippen molar-refractivity contribution in [2.75, 3.05) is 0 Å². The molecule has 1 heterocycles. The molecule has 1 aromatic rings. The Bertz CT molecular complexity index is 431. The molecule has 0 aliphatic heterocycles. The normalized spacial score (nSPS) is 12.2. The van der Waals surface area contributed by atoms with Crippen molar-refractivity contribution < 1.29 is 0 Å². The summed E-state index contributed by atoms with van der Waals surface area (Å²) in [7, 11) is 0. The van der Waals surface area contributed by atoms with E-state index in [1.54, 1.807) is 11.3 Å². The second kappa shape index (κ2) is 6.05. The number of thiophene rings is 1. The number of hydrogen-bond donors (Lipinski definition) is 0. The first-order chi connectivity index (χ1) is 7.10. The van der Waals surface area contributed by atoms with E-state index in [9.17, 15) is 0 Å². The molecule has 0 N–H and O–H groups in total. The van der Waals surface area contributed by atoms with Crippen LogP contribution in [0.2, 0.25) is 0 Å². The minimum absolute atomic E-state index is 0.549. The Morgan fingerprint density at radius 1 is 1.60 bits per heavy atom. The molecule has 1 aromatic heterocycles. The standard InChI is InChI=1S/C10H8Br2ClNS/c1-2-3-6(5-14)9(13)7-4-8(11)15-10(7)12/h4H,2-3H2,1H3/b9-6-. The predicted molar refractivity (Wildman–Crippen MR) is 73.0 cm³/mol. The number of hydrogen-bond acceptors (Lipinski definition) is 2. The zero-order chi connectivity index (χ0) is 11.4. The average Bonchev–Trinajstić information content (AvgIpc) is 2.53. The van der Waals surface area contributed by atoms with Gasteiger partial charge in [-0.1, -0.05) is 24.9 Å². The fourth-order valence-electron chi connectivity index (χ4n) is 1.12. The van der Waals surface area contributed by atoms with E-state index in [2.05, 4.69) is 37.9 Å². The van der Waals surface area contributed by atoms with Gasteiger partial charge in [0.1, 0.15) is 0 Å². The molecular weight excluding hydrogens is 361 g/mol. The molecule has 0 saturated heterocycles. The van der Waals surface area contributed by atoms with Gasteiger partial charge in [-0.15, -0.1) is 11.3 Å². The van der Waals surface area contributed by atoms with E-state index in [4.69, 9.17) is 16.9 Å². The Labute approximate surface area is 115 Å². The van der Waals surface area contributed by atoms with Crippen molar-refractivity contribution in [2.24, 2.45) is 0 Å². The molecule has 1 nitrogen and oxygen atoms in total. The molecule has 0 saturated carbocycles. The fraction of sp³-hybridized carbons (Fsp3) is 0.300. The first-order valence-corrected chi connectivity index (χ1v) is 7.12. The van der Waals surface area contributed by atoms with E-state index in [-0.39, 0.29) is 0 Å². The Hall–Kier alpha value is 0.180. The summed E-state index contributed by atoms with van der Waals surface area (Å²) in [6.45, 7) is 2.03. The molecular formula is C10H8Br2ClNS. The summed E-state index contributed by atoms with van der Waals surface area (Å²) in [5, 5.41) is 9.52. The lowest BCUT2D eigenvalue weighted by Gasteiger charge is -2.00. The first-order valence-electron chi connectivity index (χ1n) is 4.34. The third-order valence-electron chi connectivity index (χ3n) is 1.79. The highest BCUT2D eigenvalue weighted by Gasteiger charge is 2.12. The van der Waals surface area contributed by atoms with E-state index < -0.39 is 0 Å². The van der Waals surface area contributed by atoms with Crippen LogP contribution in [-0.2, 0) is 0 Å². The van der Waals surface area contributed by atoms with Gasteiger partial charge in [0, 0.05) is 11.1 Å². The monoisotopic (exact) mass is 367 g/mol. The number of nitrogens with zero attached hydrogens (tertiary/aromatic N) is 1. The van der Waals surface area contributed by atoms with E-state index in [0.717, 1.165) is 26.0 Å². The number of rotatable bonds is 3. The number of allylic oxidation sites excluding steroid dienone is 1. The first kappa shape index (κ1) is 13.2. The quantitative estimate of drug-likeness (QED) is 0.641. The van der Waals surface area contributed by atoms with Gasteiger partial charge in [-0.25, -0.2) is 0 Å². The third-order valence-corrected chi connectivity index (χ3v) is 4.56. The lowest BCUT2D eigenvalue weighted by Crippen LogP contribution is -1.83. The Morgan fingerprint density at radius 2 is 2.27 bits per heavy atom. The van der Waals surface area contributed by atoms with Crippen molar-refractivity contribution in [3.63, 3.8) is 0 Å². The highest BCUT2D eigenvalue weighted by molar-refractivity contribution is 9.12. The minimum Gasteiger partial charge on any atom is -0.193 e. The maximum atomic E-state index is 8.97. The number of nitriles is 1. The minimum atomic E-state index is 0.549. The van der Waals surface area contributed by atoms with Crippen molar-refractivity contribution in [2.45, 2.75) is 19.8 Å². The van der Waals surface area contributed by atoms with Crippen LogP contribution < -0.4 is 0 Å². The molecule has 0 fully saturated rings. The summed E-state index contributed by atoms with van der Waals surface area (Å²) in [5.74, 6) is 0. The SMILES string of the molecule is CCC/C(C#N)=C(/Cl)c1cc(Br)sc1Br. The summed E-state index contributed by atoms with van der Waals surface area (Å²) >= 11 is 14.5. The molecule has 0 radical (unpaired) electrons. The average molecular weight is 370 g/mol. The van der Waals surface area contributed by atoms with Crippen LogP contribution in [-0.4, -0.2) is 0 Å². The molecule has 0 atom stereocenters. The summed E-state index contributed by atoms with van der Waals surface area (Å²) in [4.78, 5) is 0. The van der Waals surface area contributed by atoms with Crippen LogP contribution in [0.25, 0.3) is 5.03 Å². The van der Waals surface area contributed by atoms with Crippen LogP contribution >= 0.6 is 54.8 Å². The topological polar surface area (TPSA) is 23.8 Å². The molecule has 0 spiro atoms. The van der Waals surface area contributed by atoms with Gasteiger partial charge in [0.15, 0.2) is 0 Å². The smallest absolute Gasteiger partial charge is 0.0962 e. The maximum Gasteiger partial charge on any atom is 0.0962 e. The van der Waals surface area contributed by atoms with Crippen LogP contribution in [0.1, 0.15) is 25.3 Å². The molecule has 0 aromatic carbocycles. The summed E-state index contributed by atoms with van der Waals surface area (Å²) in [5.41, 5.74) is 1.53. The molecule has 15 heavy (non-hydrogen) atoms. The predicted octanol–water partition coefficient (Wildman–Crippen LogP) is 5.55. The van der Waals surface area contributed by atoms with Crippen LogP contribution in [0.3, 0.4) is 0 Å². The lowest BCUT2D eigenvalue weighted by molar-refractivity contribution is 0.933. The van der Waals surface area contributed by atoms with Crippen molar-refractivity contribution in [1.82, 2.24) is 0 Å². The Balaban J connectivity index is 3.17. The highest BCUT2D eigenvalue weighted by atomic mass is 79.9. The van der Waals surface area contributed by atoms with Gasteiger partial charge in [-0.3, -0.25) is 0 Å². The van der Waals surface area contributed by atoms with E-state index in [0.29, 0.717) is 10.6 Å². The molecule has 0 aliphatic carbocycles. The van der Waals surface area contributed by atoms with Gasteiger partial charge in [-0.05, 0) is 44.3 Å². The molecule has 0 amide bonds. The van der Waals surface area contributed by atoms with Gasteiger partial charge in [0.25, 0.3) is 0 Å². The van der Waals surface area contributed by atoms with E-state index in [1.807, 2.05) is 13.0 Å². The van der Waals surface area contributed by atoms with Gasteiger partial charge in [0.05, 0.1) is 18.7 Å². The summed E-state index contributed by atoms with van der Waals surface area (Å²) < 4.78 is 1.94. The highest BCUT2D eigenvalue weighted by Crippen LogP contribution is 2.39. The van der Waals surface area contributed by atoms with Crippen LogP contribution in [0.4, 0.5) is 0 Å². The molecule has 80 valence electrons. The van der Waals surface area contributed by atoms with Crippen LogP contribution in [0, 0.1) is 11.3 Å². The van der Waals surface area contributed by atoms with Crippen molar-refractivity contribution >= 4 is 59.8 Å². The maximum absolute atomic E-state index is 8.97. The van der Waals surface area contributed by atoms with Gasteiger partial charge in [0.2, 0.25) is 0 Å². The second-order valence-corrected chi connectivity index (χ2v) is 7.02. The van der Waals surface area contributed by atoms with E-state index in [1.165, 1.54) is 0 Å². The molecule has 0 aliphatic rings. The largest absolute Gasteiger partial charge is 0.193 e. The van der Waals surface area contributed by atoms with Crippen molar-refractivity contribution in [3.05, 3.63) is 24.8 Å². The summed E-state index contributed by atoms with van der Waals surface area (Å²) in [6.07, 6.45) is 1.64. The fourth-order valence-corrected chi connectivity index (χ4v) is 4.39. The van der Waals surface area contributed by atoms with Crippen molar-refractivity contribution in [3.8, 4) is 6.07 Å². The molecule has 1 rings (SSSR count).